The van der Waals surface area contributed by atoms with Crippen molar-refractivity contribution in [3.63, 3.8) is 0 Å². The number of aromatic carboxylic acids is 1. The maximum atomic E-state index is 13.2. The van der Waals surface area contributed by atoms with Crippen LogP contribution < -0.4 is 0 Å². The zero-order valence-electron chi connectivity index (χ0n) is 8.22. The van der Waals surface area contributed by atoms with Crippen molar-refractivity contribution in [2.24, 2.45) is 0 Å². The normalized spacial score (nSPS) is 19.2. The Balaban J connectivity index is 2.37. The minimum atomic E-state index is -1.45. The van der Waals surface area contributed by atoms with E-state index in [1.807, 2.05) is 0 Å². The van der Waals surface area contributed by atoms with Gasteiger partial charge >= 0.3 is 5.97 Å². The lowest BCUT2D eigenvalue weighted by Gasteiger charge is -2.27. The molecular formula is C9H9FN2O4. The molecule has 0 aromatic carbocycles. The Kier molecular flexibility index (Phi) is 2.69. The Morgan fingerprint density at radius 2 is 2.44 bits per heavy atom. The molecule has 0 spiro atoms. The van der Waals surface area contributed by atoms with Crippen LogP contribution in [0.2, 0.25) is 0 Å². The summed E-state index contributed by atoms with van der Waals surface area (Å²) in [5.41, 5.74) is -0.599. The van der Waals surface area contributed by atoms with Gasteiger partial charge in [0, 0.05) is 6.61 Å². The average molecular weight is 228 g/mol. The van der Waals surface area contributed by atoms with E-state index in [4.69, 9.17) is 9.84 Å². The molecular weight excluding hydrogens is 219 g/mol. The Labute approximate surface area is 89.7 Å². The number of aromatic nitrogens is 2. The molecule has 0 saturated carbocycles. The van der Waals surface area contributed by atoms with Crippen molar-refractivity contribution in [1.29, 1.82) is 0 Å². The molecule has 1 saturated heterocycles. The van der Waals surface area contributed by atoms with Crippen molar-refractivity contribution in [2.75, 3.05) is 6.61 Å². The second-order valence-corrected chi connectivity index (χ2v) is 3.42. The summed E-state index contributed by atoms with van der Waals surface area (Å²) in [6.07, 6.45) is 0.913. The highest BCUT2D eigenvalue weighted by atomic mass is 19.1. The summed E-state index contributed by atoms with van der Waals surface area (Å²) in [5, 5.41) is 8.80. The molecule has 1 N–H and O–H groups in total. The number of halogens is 1. The number of carbonyl (C=O) groups excluding carboxylic acids is 1. The minimum Gasteiger partial charge on any atom is -0.476 e. The summed E-state index contributed by atoms with van der Waals surface area (Å²) >= 11 is 0. The van der Waals surface area contributed by atoms with Crippen molar-refractivity contribution in [1.82, 2.24) is 9.55 Å². The molecule has 1 aromatic heterocycles. The highest BCUT2D eigenvalue weighted by Gasteiger charge is 2.27. The Morgan fingerprint density at radius 1 is 1.75 bits per heavy atom. The van der Waals surface area contributed by atoms with Gasteiger partial charge < -0.3 is 14.4 Å². The molecule has 2 heterocycles. The van der Waals surface area contributed by atoms with Crippen molar-refractivity contribution in [3.8, 4) is 0 Å². The van der Waals surface area contributed by atoms with Crippen LogP contribution in [0.3, 0.4) is 0 Å². The molecule has 1 aromatic rings. The molecule has 1 aliphatic rings. The molecule has 0 radical (unpaired) electrons. The summed E-state index contributed by atoms with van der Waals surface area (Å²) in [7, 11) is 0. The molecule has 1 atom stereocenters. The largest absolute Gasteiger partial charge is 0.476 e. The highest BCUT2D eigenvalue weighted by molar-refractivity contribution is 5.87. The number of imidazole rings is 1. The quantitative estimate of drug-likeness (QED) is 0.750. The second kappa shape index (κ2) is 4.01. The summed E-state index contributed by atoms with van der Waals surface area (Å²) < 4.78 is 19.3. The van der Waals surface area contributed by atoms with Crippen molar-refractivity contribution < 1.29 is 23.8 Å². The Morgan fingerprint density at radius 3 is 2.88 bits per heavy atom. The minimum absolute atomic E-state index is 0.132. The van der Waals surface area contributed by atoms with Gasteiger partial charge in [0.15, 0.2) is 17.8 Å². The van der Waals surface area contributed by atoms with Crippen LogP contribution in [0.25, 0.3) is 0 Å². The number of hydrogen-bond acceptors (Lipinski definition) is 4. The summed E-state index contributed by atoms with van der Waals surface area (Å²) in [4.78, 5) is 24.7. The maximum Gasteiger partial charge on any atom is 0.357 e. The third-order valence-electron chi connectivity index (χ3n) is 2.44. The van der Waals surface area contributed by atoms with E-state index in [-0.39, 0.29) is 18.5 Å². The van der Waals surface area contributed by atoms with Gasteiger partial charge in [-0.3, -0.25) is 4.79 Å². The SMILES string of the molecule is O=Cc1nc(F)c(C(=O)O)n1C[C@@H]1CCO1. The number of aldehydes is 1. The third kappa shape index (κ3) is 1.69. The average Bonchev–Trinajstić information content (AvgIpc) is 2.48. The third-order valence-corrected chi connectivity index (χ3v) is 2.44. The van der Waals surface area contributed by atoms with E-state index in [1.54, 1.807) is 0 Å². The van der Waals surface area contributed by atoms with Crippen LogP contribution in [0.1, 0.15) is 27.5 Å². The van der Waals surface area contributed by atoms with Gasteiger partial charge in [0.25, 0.3) is 0 Å². The summed E-state index contributed by atoms with van der Waals surface area (Å²) in [6.45, 7) is 0.729. The van der Waals surface area contributed by atoms with Gasteiger partial charge in [0.2, 0.25) is 5.95 Å². The van der Waals surface area contributed by atoms with Crippen LogP contribution in [0, 0.1) is 5.95 Å². The number of rotatable bonds is 4. The van der Waals surface area contributed by atoms with Crippen LogP contribution in [-0.4, -0.2) is 39.6 Å². The van der Waals surface area contributed by atoms with Crippen LogP contribution in [-0.2, 0) is 11.3 Å². The first-order chi connectivity index (χ1) is 7.63. The zero-order valence-corrected chi connectivity index (χ0v) is 8.22. The first kappa shape index (κ1) is 10.7. The number of hydrogen-bond donors (Lipinski definition) is 1. The van der Waals surface area contributed by atoms with Crippen molar-refractivity contribution >= 4 is 12.3 Å². The molecule has 0 aliphatic carbocycles. The number of carboxylic acids is 1. The summed E-state index contributed by atoms with van der Waals surface area (Å²) in [5.74, 6) is -2.82. The molecule has 0 bridgehead atoms. The molecule has 0 amide bonds. The molecule has 2 rings (SSSR count). The molecule has 1 aliphatic heterocycles. The molecule has 7 heteroatoms. The highest BCUT2D eigenvalue weighted by Crippen LogP contribution is 2.17. The Bertz CT molecular complexity index is 439. The van der Waals surface area contributed by atoms with Crippen LogP contribution in [0.5, 0.6) is 0 Å². The van der Waals surface area contributed by atoms with Crippen LogP contribution >= 0.6 is 0 Å². The van der Waals surface area contributed by atoms with Gasteiger partial charge in [0.1, 0.15) is 0 Å². The standard InChI is InChI=1S/C9H9FN2O4/c10-8-7(9(14)15)12(6(4-13)11-8)3-5-1-2-16-5/h4-5H,1-3H2,(H,14,15)/t5-/m0/s1. The van der Waals surface area contributed by atoms with Gasteiger partial charge in [-0.05, 0) is 6.42 Å². The van der Waals surface area contributed by atoms with E-state index in [0.717, 1.165) is 11.0 Å². The lowest BCUT2D eigenvalue weighted by atomic mass is 10.2. The number of carboxylic acid groups (broad SMARTS) is 1. The maximum absolute atomic E-state index is 13.2. The predicted octanol–water partition coefficient (Wildman–Crippen LogP) is 0.322. The second-order valence-electron chi connectivity index (χ2n) is 3.42. The number of carbonyl (C=O) groups is 2. The van der Waals surface area contributed by atoms with Gasteiger partial charge in [-0.25, -0.2) is 4.79 Å². The topological polar surface area (TPSA) is 81.4 Å². The van der Waals surface area contributed by atoms with Crippen LogP contribution in [0.15, 0.2) is 0 Å². The van der Waals surface area contributed by atoms with Crippen LogP contribution in [0.4, 0.5) is 4.39 Å². The van der Waals surface area contributed by atoms with Gasteiger partial charge in [-0.2, -0.15) is 9.37 Å². The van der Waals surface area contributed by atoms with Crippen molar-refractivity contribution in [3.05, 3.63) is 17.5 Å². The van der Waals surface area contributed by atoms with E-state index in [0.29, 0.717) is 12.9 Å². The molecule has 86 valence electrons. The van der Waals surface area contributed by atoms with E-state index < -0.39 is 17.6 Å². The zero-order chi connectivity index (χ0) is 11.7. The van der Waals surface area contributed by atoms with E-state index in [2.05, 4.69) is 4.98 Å². The fraction of sp³-hybridized carbons (Fsp3) is 0.444. The predicted molar refractivity (Wildman–Crippen MR) is 48.9 cm³/mol. The fourth-order valence-corrected chi connectivity index (χ4v) is 1.55. The van der Waals surface area contributed by atoms with Gasteiger partial charge in [-0.15, -0.1) is 0 Å². The summed E-state index contributed by atoms with van der Waals surface area (Å²) in [6, 6.07) is 0. The first-order valence-electron chi connectivity index (χ1n) is 4.69. The number of ether oxygens (including phenoxy) is 1. The first-order valence-corrected chi connectivity index (χ1v) is 4.69. The molecule has 0 unspecified atom stereocenters. The van der Waals surface area contributed by atoms with Gasteiger partial charge in [0.05, 0.1) is 12.6 Å². The van der Waals surface area contributed by atoms with E-state index in [1.165, 1.54) is 0 Å². The van der Waals surface area contributed by atoms with Gasteiger partial charge in [-0.1, -0.05) is 0 Å². The lowest BCUT2D eigenvalue weighted by Crippen LogP contribution is -2.32. The van der Waals surface area contributed by atoms with E-state index >= 15 is 0 Å². The number of nitrogens with zero attached hydrogens (tertiary/aromatic N) is 2. The van der Waals surface area contributed by atoms with Crippen molar-refractivity contribution in [2.45, 2.75) is 19.1 Å². The monoisotopic (exact) mass is 228 g/mol. The molecule has 1 fully saturated rings. The Hall–Kier alpha value is -1.76. The molecule has 6 nitrogen and oxygen atoms in total. The van der Waals surface area contributed by atoms with E-state index in [9.17, 15) is 14.0 Å². The fourth-order valence-electron chi connectivity index (χ4n) is 1.55. The molecule has 16 heavy (non-hydrogen) atoms. The lowest BCUT2D eigenvalue weighted by molar-refractivity contribution is -0.0596. The smallest absolute Gasteiger partial charge is 0.357 e.